The summed E-state index contributed by atoms with van der Waals surface area (Å²) in [6.07, 6.45) is 3.42. The number of hydrogen-bond donors (Lipinski definition) is 0. The van der Waals surface area contributed by atoms with Gasteiger partial charge in [-0.15, -0.1) is 0 Å². The molecule has 0 aromatic heterocycles. The predicted octanol–water partition coefficient (Wildman–Crippen LogP) is 4.01. The van der Waals surface area contributed by atoms with Gasteiger partial charge in [0.15, 0.2) is 0 Å². The van der Waals surface area contributed by atoms with E-state index in [2.05, 4.69) is 36.1 Å². The monoisotopic (exact) mass is 354 g/mol. The maximum atomic E-state index is 12.4. The number of aryl methyl sites for hydroxylation is 1. The minimum Gasteiger partial charge on any atom is -0.337 e. The first-order valence-electron chi connectivity index (χ1n) is 8.61. The highest BCUT2D eigenvalue weighted by Crippen LogP contribution is 2.16. The molecule has 3 nitrogen and oxygen atoms in total. The van der Waals surface area contributed by atoms with E-state index in [9.17, 15) is 4.79 Å². The summed E-state index contributed by atoms with van der Waals surface area (Å²) in [6, 6.07) is 16.2. The maximum Gasteiger partial charge on any atom is 0.246 e. The Balaban J connectivity index is 1.50. The van der Waals surface area contributed by atoms with Crippen molar-refractivity contribution in [3.05, 3.63) is 76.3 Å². The smallest absolute Gasteiger partial charge is 0.246 e. The van der Waals surface area contributed by atoms with E-state index in [1.807, 2.05) is 29.2 Å². The lowest BCUT2D eigenvalue weighted by Crippen LogP contribution is -2.47. The molecule has 0 spiro atoms. The molecule has 3 rings (SSSR count). The Morgan fingerprint density at radius 1 is 1.04 bits per heavy atom. The van der Waals surface area contributed by atoms with Crippen LogP contribution in [0.4, 0.5) is 0 Å². The summed E-state index contributed by atoms with van der Waals surface area (Å²) >= 11 is 6.12. The standard InChI is InChI=1S/C21H23ClN2O/c1-17-6-8-18(9-7-17)16-23-12-14-24(15-13-23)21(25)11-10-19-4-2-3-5-20(19)22/h2-11H,12-16H2,1H3. The van der Waals surface area contributed by atoms with Crippen LogP contribution in [0.2, 0.25) is 5.02 Å². The first-order chi connectivity index (χ1) is 12.1. The van der Waals surface area contributed by atoms with Crippen LogP contribution in [0, 0.1) is 6.92 Å². The molecule has 0 atom stereocenters. The zero-order chi connectivity index (χ0) is 17.6. The van der Waals surface area contributed by atoms with E-state index >= 15 is 0 Å². The third-order valence-electron chi connectivity index (χ3n) is 4.52. The lowest BCUT2D eigenvalue weighted by molar-refractivity contribution is -0.127. The van der Waals surface area contributed by atoms with Crippen LogP contribution in [-0.4, -0.2) is 41.9 Å². The van der Waals surface area contributed by atoms with E-state index < -0.39 is 0 Å². The van der Waals surface area contributed by atoms with Crippen LogP contribution < -0.4 is 0 Å². The van der Waals surface area contributed by atoms with Crippen molar-refractivity contribution in [1.82, 2.24) is 9.80 Å². The van der Waals surface area contributed by atoms with Crippen LogP contribution in [0.3, 0.4) is 0 Å². The minimum absolute atomic E-state index is 0.0508. The molecule has 2 aromatic carbocycles. The fourth-order valence-electron chi connectivity index (χ4n) is 2.95. The Hall–Kier alpha value is -2.10. The molecule has 1 aliphatic rings. The van der Waals surface area contributed by atoms with Gasteiger partial charge in [0, 0.05) is 43.8 Å². The zero-order valence-corrected chi connectivity index (χ0v) is 15.2. The largest absolute Gasteiger partial charge is 0.337 e. The van der Waals surface area contributed by atoms with Crippen molar-refractivity contribution >= 4 is 23.6 Å². The van der Waals surface area contributed by atoms with Gasteiger partial charge in [0.1, 0.15) is 0 Å². The highest BCUT2D eigenvalue weighted by molar-refractivity contribution is 6.32. The second-order valence-corrected chi connectivity index (χ2v) is 6.85. The molecule has 0 N–H and O–H groups in total. The molecule has 0 radical (unpaired) electrons. The molecule has 1 fully saturated rings. The van der Waals surface area contributed by atoms with Gasteiger partial charge in [0.05, 0.1) is 0 Å². The lowest BCUT2D eigenvalue weighted by Gasteiger charge is -2.34. The van der Waals surface area contributed by atoms with Crippen molar-refractivity contribution in [2.75, 3.05) is 26.2 Å². The van der Waals surface area contributed by atoms with Gasteiger partial charge in [-0.05, 0) is 30.2 Å². The highest BCUT2D eigenvalue weighted by atomic mass is 35.5. The van der Waals surface area contributed by atoms with Crippen LogP contribution in [0.1, 0.15) is 16.7 Å². The second-order valence-electron chi connectivity index (χ2n) is 6.44. The van der Waals surface area contributed by atoms with Crippen molar-refractivity contribution in [3.8, 4) is 0 Å². The summed E-state index contributed by atoms with van der Waals surface area (Å²) < 4.78 is 0. The summed E-state index contributed by atoms with van der Waals surface area (Å²) in [7, 11) is 0. The molecule has 1 aliphatic heterocycles. The number of hydrogen-bond acceptors (Lipinski definition) is 2. The van der Waals surface area contributed by atoms with Crippen LogP contribution >= 0.6 is 11.6 Å². The van der Waals surface area contributed by atoms with Crippen molar-refractivity contribution in [3.63, 3.8) is 0 Å². The number of benzene rings is 2. The Bertz CT molecular complexity index is 747. The van der Waals surface area contributed by atoms with Crippen LogP contribution in [0.15, 0.2) is 54.6 Å². The molecule has 1 saturated heterocycles. The van der Waals surface area contributed by atoms with E-state index in [0.717, 1.165) is 38.3 Å². The summed E-state index contributed by atoms with van der Waals surface area (Å²) in [6.45, 7) is 6.37. The molecule has 0 bridgehead atoms. The van der Waals surface area contributed by atoms with Gasteiger partial charge >= 0.3 is 0 Å². The van der Waals surface area contributed by atoms with E-state index in [1.54, 1.807) is 12.2 Å². The van der Waals surface area contributed by atoms with Gasteiger partial charge in [-0.2, -0.15) is 0 Å². The number of carbonyl (C=O) groups is 1. The minimum atomic E-state index is 0.0508. The molecule has 25 heavy (non-hydrogen) atoms. The van der Waals surface area contributed by atoms with E-state index in [0.29, 0.717) is 5.02 Å². The average molecular weight is 355 g/mol. The van der Waals surface area contributed by atoms with Crippen molar-refractivity contribution in [1.29, 1.82) is 0 Å². The maximum absolute atomic E-state index is 12.4. The molecular weight excluding hydrogens is 332 g/mol. The predicted molar refractivity (Wildman–Crippen MR) is 104 cm³/mol. The molecule has 1 heterocycles. The Morgan fingerprint density at radius 2 is 1.72 bits per heavy atom. The second kappa shape index (κ2) is 8.32. The van der Waals surface area contributed by atoms with E-state index in [4.69, 9.17) is 11.6 Å². The van der Waals surface area contributed by atoms with Gasteiger partial charge in [-0.25, -0.2) is 0 Å². The Labute approximate surface area is 154 Å². The zero-order valence-electron chi connectivity index (χ0n) is 14.5. The first kappa shape index (κ1) is 17.7. The van der Waals surface area contributed by atoms with Crippen molar-refractivity contribution in [2.24, 2.45) is 0 Å². The van der Waals surface area contributed by atoms with E-state index in [1.165, 1.54) is 11.1 Å². The SMILES string of the molecule is Cc1ccc(CN2CCN(C(=O)C=Cc3ccccc3Cl)CC2)cc1. The molecule has 4 heteroatoms. The van der Waals surface area contributed by atoms with Gasteiger partial charge < -0.3 is 4.90 Å². The van der Waals surface area contributed by atoms with Gasteiger partial charge in [0.2, 0.25) is 5.91 Å². The molecule has 0 unspecified atom stereocenters. The third-order valence-corrected chi connectivity index (χ3v) is 4.87. The van der Waals surface area contributed by atoms with Crippen molar-refractivity contribution < 1.29 is 4.79 Å². The Morgan fingerprint density at radius 3 is 2.40 bits per heavy atom. The lowest BCUT2D eigenvalue weighted by atomic mass is 10.1. The number of piperazine rings is 1. The summed E-state index contributed by atoms with van der Waals surface area (Å²) in [5.74, 6) is 0.0508. The van der Waals surface area contributed by atoms with Crippen molar-refractivity contribution in [2.45, 2.75) is 13.5 Å². The van der Waals surface area contributed by atoms with Crippen LogP contribution in [-0.2, 0) is 11.3 Å². The van der Waals surface area contributed by atoms with Gasteiger partial charge in [-0.3, -0.25) is 9.69 Å². The molecule has 2 aromatic rings. The number of amides is 1. The highest BCUT2D eigenvalue weighted by Gasteiger charge is 2.19. The molecule has 1 amide bonds. The molecule has 130 valence electrons. The third kappa shape index (κ3) is 4.94. The van der Waals surface area contributed by atoms with Gasteiger partial charge in [-0.1, -0.05) is 59.6 Å². The van der Waals surface area contributed by atoms with E-state index in [-0.39, 0.29) is 5.91 Å². The van der Waals surface area contributed by atoms with Crippen LogP contribution in [0.5, 0.6) is 0 Å². The van der Waals surface area contributed by atoms with Crippen LogP contribution in [0.25, 0.3) is 6.08 Å². The number of carbonyl (C=O) groups excluding carboxylic acids is 1. The average Bonchev–Trinajstić information content (AvgIpc) is 2.63. The molecular formula is C21H23ClN2O. The molecule has 0 saturated carbocycles. The number of halogens is 1. The number of rotatable bonds is 4. The Kier molecular flexibility index (Phi) is 5.90. The summed E-state index contributed by atoms with van der Waals surface area (Å²) in [4.78, 5) is 16.7. The topological polar surface area (TPSA) is 23.6 Å². The quantitative estimate of drug-likeness (QED) is 0.775. The number of nitrogens with zero attached hydrogens (tertiary/aromatic N) is 2. The summed E-state index contributed by atoms with van der Waals surface area (Å²) in [5.41, 5.74) is 3.48. The first-order valence-corrected chi connectivity index (χ1v) is 8.99. The normalized spacial score (nSPS) is 15.7. The fraction of sp³-hybridized carbons (Fsp3) is 0.286. The molecule has 0 aliphatic carbocycles. The van der Waals surface area contributed by atoms with Gasteiger partial charge in [0.25, 0.3) is 0 Å². The summed E-state index contributed by atoms with van der Waals surface area (Å²) in [5, 5.41) is 0.662. The fourth-order valence-corrected chi connectivity index (χ4v) is 3.15.